The van der Waals surface area contributed by atoms with Crippen LogP contribution in [0.5, 0.6) is 5.75 Å². The standard InChI is InChI=1S/C21H13NO6S/c1-12-2-4-13(5-3-12)17-10-16(11-18-19(17)28-21(24)29-18)27-20(23)14-6-8-15(9-7-14)22(25)26/h2-11H,1H3. The highest BCUT2D eigenvalue weighted by molar-refractivity contribution is 7.16. The van der Waals surface area contributed by atoms with E-state index in [-0.39, 0.29) is 17.0 Å². The minimum absolute atomic E-state index is 0.118. The number of nitro groups is 1. The van der Waals surface area contributed by atoms with Gasteiger partial charge in [0.25, 0.3) is 5.69 Å². The largest absolute Gasteiger partial charge is 0.423 e. The molecule has 8 heteroatoms. The first-order chi connectivity index (χ1) is 13.9. The molecule has 0 bridgehead atoms. The van der Waals surface area contributed by atoms with Gasteiger partial charge in [0.2, 0.25) is 0 Å². The van der Waals surface area contributed by atoms with Crippen molar-refractivity contribution in [2.24, 2.45) is 0 Å². The number of carbonyl (C=O) groups is 1. The number of esters is 1. The lowest BCUT2D eigenvalue weighted by molar-refractivity contribution is -0.384. The van der Waals surface area contributed by atoms with Crippen molar-refractivity contribution < 1.29 is 18.9 Å². The molecule has 0 fully saturated rings. The van der Waals surface area contributed by atoms with Gasteiger partial charge in [0.1, 0.15) is 5.75 Å². The number of non-ortho nitro benzene ring substituents is 1. The predicted molar refractivity (Wildman–Crippen MR) is 109 cm³/mol. The maximum absolute atomic E-state index is 12.5. The van der Waals surface area contributed by atoms with E-state index in [1.807, 2.05) is 31.2 Å². The summed E-state index contributed by atoms with van der Waals surface area (Å²) in [6.07, 6.45) is 0. The second-order valence-electron chi connectivity index (χ2n) is 6.31. The molecule has 0 amide bonds. The van der Waals surface area contributed by atoms with Crippen LogP contribution in [0.4, 0.5) is 5.69 Å². The second-order valence-corrected chi connectivity index (χ2v) is 7.29. The fourth-order valence-corrected chi connectivity index (χ4v) is 3.57. The van der Waals surface area contributed by atoms with Crippen molar-refractivity contribution >= 4 is 33.3 Å². The summed E-state index contributed by atoms with van der Waals surface area (Å²) in [7, 11) is 0. The van der Waals surface area contributed by atoms with Gasteiger partial charge >= 0.3 is 10.9 Å². The van der Waals surface area contributed by atoms with Crippen LogP contribution in [-0.2, 0) is 0 Å². The molecule has 1 heterocycles. The van der Waals surface area contributed by atoms with E-state index in [2.05, 4.69) is 0 Å². The molecule has 0 N–H and O–H groups in total. The zero-order valence-electron chi connectivity index (χ0n) is 15.1. The zero-order chi connectivity index (χ0) is 20.5. The number of benzene rings is 3. The molecule has 7 nitrogen and oxygen atoms in total. The van der Waals surface area contributed by atoms with E-state index in [0.29, 0.717) is 15.8 Å². The lowest BCUT2D eigenvalue weighted by Gasteiger charge is -2.08. The van der Waals surface area contributed by atoms with Crippen LogP contribution in [0, 0.1) is 17.0 Å². The topological polar surface area (TPSA) is 99.6 Å². The number of aryl methyl sites for hydroxylation is 1. The smallest absolute Gasteiger partial charge is 0.396 e. The van der Waals surface area contributed by atoms with Crippen molar-refractivity contribution in [3.63, 3.8) is 0 Å². The Labute approximate surface area is 167 Å². The van der Waals surface area contributed by atoms with Gasteiger partial charge in [-0.15, -0.1) is 0 Å². The van der Waals surface area contributed by atoms with Crippen LogP contribution >= 0.6 is 11.3 Å². The van der Waals surface area contributed by atoms with Gasteiger partial charge in [0.15, 0.2) is 5.58 Å². The van der Waals surface area contributed by atoms with Crippen molar-refractivity contribution in [3.05, 3.63) is 91.6 Å². The summed E-state index contributed by atoms with van der Waals surface area (Å²) in [5.74, 6) is -0.418. The first-order valence-electron chi connectivity index (χ1n) is 8.52. The van der Waals surface area contributed by atoms with Crippen LogP contribution in [0.2, 0.25) is 0 Å². The van der Waals surface area contributed by atoms with E-state index < -0.39 is 15.8 Å². The molecule has 4 aromatic rings. The first kappa shape index (κ1) is 18.6. The predicted octanol–water partition coefficient (Wildman–Crippen LogP) is 4.96. The average Bonchev–Trinajstić information content (AvgIpc) is 3.08. The van der Waals surface area contributed by atoms with Gasteiger partial charge in [-0.25, -0.2) is 9.59 Å². The molecule has 1 aromatic heterocycles. The molecule has 29 heavy (non-hydrogen) atoms. The highest BCUT2D eigenvalue weighted by Gasteiger charge is 2.16. The number of hydrogen-bond acceptors (Lipinski definition) is 7. The van der Waals surface area contributed by atoms with Crippen molar-refractivity contribution in [1.29, 1.82) is 0 Å². The molecule has 4 rings (SSSR count). The van der Waals surface area contributed by atoms with Crippen LogP contribution in [0.15, 0.2) is 69.9 Å². The third-order valence-electron chi connectivity index (χ3n) is 4.29. The molecule has 0 saturated heterocycles. The number of fused-ring (bicyclic) bond motifs is 1. The van der Waals surface area contributed by atoms with Crippen molar-refractivity contribution in [3.8, 4) is 16.9 Å². The molecule has 0 spiro atoms. The van der Waals surface area contributed by atoms with E-state index in [1.54, 1.807) is 12.1 Å². The van der Waals surface area contributed by atoms with Gasteiger partial charge in [-0.05, 0) is 30.7 Å². The molecule has 0 aliphatic carbocycles. The number of nitrogens with zero attached hydrogens (tertiary/aromatic N) is 1. The summed E-state index contributed by atoms with van der Waals surface area (Å²) in [5, 5.41) is 10.7. The molecule has 144 valence electrons. The van der Waals surface area contributed by atoms with Crippen molar-refractivity contribution in [2.75, 3.05) is 0 Å². The van der Waals surface area contributed by atoms with Gasteiger partial charge < -0.3 is 9.15 Å². The summed E-state index contributed by atoms with van der Waals surface area (Å²) in [5.41, 5.74) is 3.01. The summed E-state index contributed by atoms with van der Waals surface area (Å²) in [6.45, 7) is 1.96. The van der Waals surface area contributed by atoms with Gasteiger partial charge in [0.05, 0.1) is 15.2 Å². The van der Waals surface area contributed by atoms with Crippen molar-refractivity contribution in [2.45, 2.75) is 6.92 Å². The Hall–Kier alpha value is -3.78. The maximum atomic E-state index is 12.5. The molecule has 0 aliphatic rings. The Kier molecular flexibility index (Phi) is 4.69. The molecule has 0 saturated carbocycles. The Morgan fingerprint density at radius 3 is 2.41 bits per heavy atom. The summed E-state index contributed by atoms with van der Waals surface area (Å²) in [4.78, 5) is 34.0. The monoisotopic (exact) mass is 407 g/mol. The molecule has 0 aliphatic heterocycles. The van der Waals surface area contributed by atoms with Crippen LogP contribution in [0.3, 0.4) is 0 Å². The highest BCUT2D eigenvalue weighted by Crippen LogP contribution is 2.35. The fourth-order valence-electron chi connectivity index (χ4n) is 2.84. The van der Waals surface area contributed by atoms with Crippen LogP contribution in [-0.4, -0.2) is 10.9 Å². The Morgan fingerprint density at radius 1 is 1.07 bits per heavy atom. The average molecular weight is 407 g/mol. The van der Waals surface area contributed by atoms with Crippen LogP contribution in [0.1, 0.15) is 15.9 Å². The molecular formula is C21H13NO6S. The normalized spacial score (nSPS) is 10.8. The highest BCUT2D eigenvalue weighted by atomic mass is 32.1. The number of nitro benzene ring substituents is 1. The Bertz CT molecular complexity index is 1290. The number of carbonyl (C=O) groups excluding carboxylic acids is 1. The van der Waals surface area contributed by atoms with E-state index in [4.69, 9.17) is 9.15 Å². The third kappa shape index (κ3) is 3.78. The van der Waals surface area contributed by atoms with Gasteiger partial charge in [-0.2, -0.15) is 0 Å². The second kappa shape index (κ2) is 7.33. The third-order valence-corrected chi connectivity index (χ3v) is 5.07. The van der Waals surface area contributed by atoms with Crippen LogP contribution < -0.4 is 9.68 Å². The van der Waals surface area contributed by atoms with E-state index in [9.17, 15) is 19.7 Å². The lowest BCUT2D eigenvalue weighted by atomic mass is 10.0. The molecule has 0 atom stereocenters. The molecular weight excluding hydrogens is 394 g/mol. The summed E-state index contributed by atoms with van der Waals surface area (Å²) < 4.78 is 11.3. The van der Waals surface area contributed by atoms with E-state index in [0.717, 1.165) is 22.5 Å². The quantitative estimate of drug-likeness (QED) is 0.205. The van der Waals surface area contributed by atoms with Gasteiger partial charge in [-0.3, -0.25) is 10.1 Å². The molecule has 0 unspecified atom stereocenters. The zero-order valence-corrected chi connectivity index (χ0v) is 15.9. The van der Waals surface area contributed by atoms with Gasteiger partial charge in [-0.1, -0.05) is 41.2 Å². The van der Waals surface area contributed by atoms with E-state index in [1.165, 1.54) is 24.3 Å². The number of ether oxygens (including phenoxy) is 1. The Balaban J connectivity index is 1.72. The lowest BCUT2D eigenvalue weighted by Crippen LogP contribution is -2.08. The van der Waals surface area contributed by atoms with Gasteiger partial charge in [0, 0.05) is 23.8 Å². The summed E-state index contributed by atoms with van der Waals surface area (Å²) in [6, 6.07) is 16.0. The fraction of sp³-hybridized carbons (Fsp3) is 0.0476. The number of rotatable bonds is 4. The van der Waals surface area contributed by atoms with E-state index >= 15 is 0 Å². The van der Waals surface area contributed by atoms with Crippen molar-refractivity contribution in [1.82, 2.24) is 0 Å². The SMILES string of the molecule is Cc1ccc(-c2cc(OC(=O)c3ccc([N+](=O)[O-])cc3)cc3sc(=O)oc23)cc1. The molecule has 3 aromatic carbocycles. The maximum Gasteiger partial charge on any atom is 0.396 e. The number of hydrogen-bond donors (Lipinski definition) is 0. The summed E-state index contributed by atoms with van der Waals surface area (Å²) >= 11 is 0.918. The minimum Gasteiger partial charge on any atom is -0.423 e. The Morgan fingerprint density at radius 2 is 1.76 bits per heavy atom. The molecule has 0 radical (unpaired) electrons. The minimum atomic E-state index is -0.662. The first-order valence-corrected chi connectivity index (χ1v) is 9.34. The van der Waals surface area contributed by atoms with Crippen LogP contribution in [0.25, 0.3) is 21.4 Å².